The van der Waals surface area contributed by atoms with E-state index in [0.717, 1.165) is 6.54 Å². The normalized spacial score (nSPS) is 28.1. The van der Waals surface area contributed by atoms with Gasteiger partial charge in [-0.25, -0.2) is 0 Å². The lowest BCUT2D eigenvalue weighted by atomic mass is 10.0. The van der Waals surface area contributed by atoms with E-state index in [9.17, 15) is 0 Å². The van der Waals surface area contributed by atoms with E-state index < -0.39 is 0 Å². The Morgan fingerprint density at radius 2 is 2.47 bits per heavy atom. The van der Waals surface area contributed by atoms with E-state index in [1.807, 2.05) is 0 Å². The van der Waals surface area contributed by atoms with Crippen LogP contribution in [0.5, 0.6) is 0 Å². The van der Waals surface area contributed by atoms with E-state index in [1.54, 1.807) is 11.3 Å². The van der Waals surface area contributed by atoms with E-state index in [2.05, 4.69) is 36.0 Å². The summed E-state index contributed by atoms with van der Waals surface area (Å²) in [6.45, 7) is 5.31. The maximum atomic E-state index is 5.94. The predicted molar refractivity (Wildman–Crippen MR) is 64.3 cm³/mol. The molecule has 0 spiro atoms. The maximum absolute atomic E-state index is 5.94. The largest absolute Gasteiger partial charge is 0.373 e. The summed E-state index contributed by atoms with van der Waals surface area (Å²) in [6, 6.07) is 2.58. The van der Waals surface area contributed by atoms with Crippen molar-refractivity contribution in [2.75, 3.05) is 6.54 Å². The van der Waals surface area contributed by atoms with Gasteiger partial charge in [0.25, 0.3) is 0 Å². The first-order valence-corrected chi connectivity index (χ1v) is 6.66. The number of likely N-dealkylation sites (N-methyl/N-ethyl adjacent to an activating group) is 1. The van der Waals surface area contributed by atoms with E-state index >= 15 is 0 Å². The molecule has 2 nitrogen and oxygen atoms in total. The Morgan fingerprint density at radius 1 is 1.60 bits per heavy atom. The second-order valence-electron chi connectivity index (χ2n) is 4.15. The van der Waals surface area contributed by atoms with Gasteiger partial charge in [-0.2, -0.15) is 11.3 Å². The van der Waals surface area contributed by atoms with Gasteiger partial charge in [0.15, 0.2) is 0 Å². The average Bonchev–Trinajstić information content (AvgIpc) is 2.85. The van der Waals surface area contributed by atoms with Gasteiger partial charge >= 0.3 is 0 Å². The predicted octanol–water partition coefficient (Wildman–Crippen LogP) is 2.97. The first-order valence-electron chi connectivity index (χ1n) is 5.72. The van der Waals surface area contributed by atoms with Crippen molar-refractivity contribution in [2.24, 2.45) is 0 Å². The molecule has 1 fully saturated rings. The standard InChI is InChI=1S/C12H19NOS/c1-3-13-12(10-6-7-15-8-10)11-5-4-9(2)14-11/h6-9,11-13H,3-5H2,1-2H3. The molecule has 0 amide bonds. The molecule has 2 rings (SSSR count). The summed E-state index contributed by atoms with van der Waals surface area (Å²) in [5.41, 5.74) is 1.38. The molecule has 0 radical (unpaired) electrons. The summed E-state index contributed by atoms with van der Waals surface area (Å²) >= 11 is 1.76. The number of thiophene rings is 1. The van der Waals surface area contributed by atoms with Crippen LogP contribution in [0.3, 0.4) is 0 Å². The molecule has 0 aromatic carbocycles. The zero-order chi connectivity index (χ0) is 10.7. The van der Waals surface area contributed by atoms with Crippen LogP contribution in [-0.2, 0) is 4.74 Å². The van der Waals surface area contributed by atoms with Crippen LogP contribution in [0, 0.1) is 0 Å². The van der Waals surface area contributed by atoms with Crippen molar-refractivity contribution in [3.8, 4) is 0 Å². The molecule has 3 unspecified atom stereocenters. The fraction of sp³-hybridized carbons (Fsp3) is 0.667. The Hall–Kier alpha value is -0.380. The Bertz CT molecular complexity index is 286. The van der Waals surface area contributed by atoms with Crippen LogP contribution in [0.15, 0.2) is 16.8 Å². The van der Waals surface area contributed by atoms with Gasteiger partial charge < -0.3 is 10.1 Å². The molecule has 1 saturated heterocycles. The second-order valence-corrected chi connectivity index (χ2v) is 4.93. The molecule has 2 heterocycles. The lowest BCUT2D eigenvalue weighted by Crippen LogP contribution is -2.31. The van der Waals surface area contributed by atoms with Gasteiger partial charge in [-0.3, -0.25) is 0 Å². The van der Waals surface area contributed by atoms with Crippen LogP contribution >= 0.6 is 11.3 Å². The molecule has 3 atom stereocenters. The summed E-state index contributed by atoms with van der Waals surface area (Å²) in [6.07, 6.45) is 3.15. The highest BCUT2D eigenvalue weighted by molar-refractivity contribution is 7.07. The molecular formula is C12H19NOS. The fourth-order valence-corrected chi connectivity index (χ4v) is 2.91. The SMILES string of the molecule is CCNC(c1ccsc1)C1CCC(C)O1. The quantitative estimate of drug-likeness (QED) is 0.850. The minimum Gasteiger partial charge on any atom is -0.373 e. The first kappa shape index (κ1) is 11.1. The molecule has 0 bridgehead atoms. The van der Waals surface area contributed by atoms with Crippen molar-refractivity contribution in [3.05, 3.63) is 22.4 Å². The third kappa shape index (κ3) is 2.60. The van der Waals surface area contributed by atoms with Gasteiger partial charge in [0, 0.05) is 0 Å². The average molecular weight is 225 g/mol. The van der Waals surface area contributed by atoms with Crippen molar-refractivity contribution in [1.29, 1.82) is 0 Å². The molecule has 1 N–H and O–H groups in total. The third-order valence-corrected chi connectivity index (χ3v) is 3.66. The van der Waals surface area contributed by atoms with Crippen molar-refractivity contribution < 1.29 is 4.74 Å². The molecule has 1 aromatic heterocycles. The first-order chi connectivity index (χ1) is 7.31. The highest BCUT2D eigenvalue weighted by Crippen LogP contribution is 2.30. The Labute approximate surface area is 95.6 Å². The molecule has 15 heavy (non-hydrogen) atoms. The van der Waals surface area contributed by atoms with Crippen LogP contribution in [0.4, 0.5) is 0 Å². The van der Waals surface area contributed by atoms with Gasteiger partial charge in [0.05, 0.1) is 18.2 Å². The van der Waals surface area contributed by atoms with Crippen LogP contribution in [0.1, 0.15) is 38.3 Å². The molecule has 3 heteroatoms. The van der Waals surface area contributed by atoms with Crippen molar-refractivity contribution in [1.82, 2.24) is 5.32 Å². The van der Waals surface area contributed by atoms with Gasteiger partial charge in [0.1, 0.15) is 0 Å². The van der Waals surface area contributed by atoms with Gasteiger partial charge in [-0.15, -0.1) is 0 Å². The molecule has 0 saturated carbocycles. The number of rotatable bonds is 4. The molecular weight excluding hydrogens is 206 g/mol. The zero-order valence-electron chi connectivity index (χ0n) is 9.40. The van der Waals surface area contributed by atoms with Gasteiger partial charge in [0.2, 0.25) is 0 Å². The van der Waals surface area contributed by atoms with Crippen molar-refractivity contribution in [2.45, 2.75) is 44.9 Å². The van der Waals surface area contributed by atoms with Crippen LogP contribution in [0.25, 0.3) is 0 Å². The van der Waals surface area contributed by atoms with Crippen molar-refractivity contribution >= 4 is 11.3 Å². The summed E-state index contributed by atoms with van der Waals surface area (Å²) in [5, 5.41) is 7.89. The second kappa shape index (κ2) is 5.10. The third-order valence-electron chi connectivity index (χ3n) is 2.96. The van der Waals surface area contributed by atoms with Gasteiger partial charge in [-0.1, -0.05) is 6.92 Å². The van der Waals surface area contributed by atoms with E-state index in [-0.39, 0.29) is 0 Å². The maximum Gasteiger partial charge on any atom is 0.0774 e. The highest BCUT2D eigenvalue weighted by Gasteiger charge is 2.30. The van der Waals surface area contributed by atoms with Crippen LogP contribution < -0.4 is 5.32 Å². The zero-order valence-corrected chi connectivity index (χ0v) is 10.2. The van der Waals surface area contributed by atoms with E-state index in [0.29, 0.717) is 18.2 Å². The molecule has 1 aliphatic heterocycles. The topological polar surface area (TPSA) is 21.3 Å². The number of ether oxygens (including phenoxy) is 1. The van der Waals surface area contributed by atoms with E-state index in [1.165, 1.54) is 18.4 Å². The van der Waals surface area contributed by atoms with Gasteiger partial charge in [-0.05, 0) is 48.7 Å². The minimum absolute atomic E-state index is 0.356. The monoisotopic (exact) mass is 225 g/mol. The number of hydrogen-bond acceptors (Lipinski definition) is 3. The summed E-state index contributed by atoms with van der Waals surface area (Å²) < 4.78 is 5.94. The fourth-order valence-electron chi connectivity index (χ4n) is 2.21. The van der Waals surface area contributed by atoms with E-state index in [4.69, 9.17) is 4.74 Å². The van der Waals surface area contributed by atoms with Crippen LogP contribution in [-0.4, -0.2) is 18.8 Å². The Balaban J connectivity index is 2.06. The number of hydrogen-bond donors (Lipinski definition) is 1. The molecule has 84 valence electrons. The Morgan fingerprint density at radius 3 is 3.00 bits per heavy atom. The van der Waals surface area contributed by atoms with Crippen LogP contribution in [0.2, 0.25) is 0 Å². The van der Waals surface area contributed by atoms with Crippen molar-refractivity contribution in [3.63, 3.8) is 0 Å². The molecule has 1 aromatic rings. The molecule has 0 aliphatic carbocycles. The summed E-state index contributed by atoms with van der Waals surface area (Å²) in [5.74, 6) is 0. The summed E-state index contributed by atoms with van der Waals surface area (Å²) in [7, 11) is 0. The Kier molecular flexibility index (Phi) is 3.78. The number of nitrogens with one attached hydrogen (secondary N) is 1. The minimum atomic E-state index is 0.356. The smallest absolute Gasteiger partial charge is 0.0774 e. The molecule has 1 aliphatic rings. The summed E-state index contributed by atoms with van der Waals surface area (Å²) in [4.78, 5) is 0. The lowest BCUT2D eigenvalue weighted by molar-refractivity contribution is 0.0320. The lowest BCUT2D eigenvalue weighted by Gasteiger charge is -2.23. The highest BCUT2D eigenvalue weighted by atomic mass is 32.1.